The highest BCUT2D eigenvalue weighted by Crippen LogP contribution is 2.37. The summed E-state index contributed by atoms with van der Waals surface area (Å²) in [6, 6.07) is 11.1. The van der Waals surface area contributed by atoms with Gasteiger partial charge in [-0.1, -0.05) is 17.7 Å². The highest BCUT2D eigenvalue weighted by Gasteiger charge is 2.20. The van der Waals surface area contributed by atoms with Crippen LogP contribution in [0.1, 0.15) is 24.1 Å². The molecule has 3 aromatic rings. The molecule has 1 aliphatic rings. The number of aromatic nitrogens is 1. The smallest absolute Gasteiger partial charge is 0.234 e. The molecule has 0 radical (unpaired) electrons. The third-order valence-electron chi connectivity index (χ3n) is 5.20. The Kier molecular flexibility index (Phi) is 6.35. The molecule has 0 saturated carbocycles. The number of amides is 1. The van der Waals surface area contributed by atoms with Gasteiger partial charge in [0.15, 0.2) is 0 Å². The Bertz CT molecular complexity index is 1100. The van der Waals surface area contributed by atoms with Gasteiger partial charge in [0, 0.05) is 27.1 Å². The number of hydrogen-bond acceptors (Lipinski definition) is 5. The van der Waals surface area contributed by atoms with Crippen molar-refractivity contribution in [1.82, 2.24) is 4.98 Å². The number of ether oxygens (including phenoxy) is 2. The topological polar surface area (TPSA) is 60.5 Å². The van der Waals surface area contributed by atoms with E-state index in [9.17, 15) is 4.79 Å². The number of nitrogens with one attached hydrogen (secondary N) is 1. The van der Waals surface area contributed by atoms with Crippen LogP contribution in [0.15, 0.2) is 41.3 Å². The van der Waals surface area contributed by atoms with Crippen LogP contribution in [0.5, 0.6) is 11.5 Å². The van der Waals surface area contributed by atoms with E-state index in [0.717, 1.165) is 47.2 Å². The molecule has 7 heteroatoms. The number of methoxy groups -OCH3 is 2. The number of nitrogens with zero attached hydrogens (tertiary/aromatic N) is 1. The summed E-state index contributed by atoms with van der Waals surface area (Å²) in [5, 5.41) is 4.67. The molecule has 30 heavy (non-hydrogen) atoms. The van der Waals surface area contributed by atoms with Crippen molar-refractivity contribution in [2.75, 3.05) is 25.3 Å². The summed E-state index contributed by atoms with van der Waals surface area (Å²) >= 11 is 7.75. The van der Waals surface area contributed by atoms with Crippen LogP contribution >= 0.6 is 23.4 Å². The van der Waals surface area contributed by atoms with Gasteiger partial charge >= 0.3 is 0 Å². The minimum absolute atomic E-state index is 0.0908. The number of benzene rings is 2. The van der Waals surface area contributed by atoms with Crippen molar-refractivity contribution in [2.45, 2.75) is 30.6 Å². The first-order chi connectivity index (χ1) is 14.6. The summed E-state index contributed by atoms with van der Waals surface area (Å²) in [5.41, 5.74) is 3.92. The fourth-order valence-electron chi connectivity index (χ4n) is 3.75. The maximum absolute atomic E-state index is 12.7. The third-order valence-corrected chi connectivity index (χ3v) is 6.60. The number of halogens is 1. The van der Waals surface area contributed by atoms with Crippen LogP contribution in [-0.2, 0) is 17.6 Å². The first kappa shape index (κ1) is 20.8. The van der Waals surface area contributed by atoms with Crippen molar-refractivity contribution >= 4 is 45.9 Å². The van der Waals surface area contributed by atoms with E-state index in [1.54, 1.807) is 44.2 Å². The summed E-state index contributed by atoms with van der Waals surface area (Å²) in [5.74, 6) is 1.44. The molecule has 0 unspecified atom stereocenters. The minimum atomic E-state index is -0.0908. The average molecular weight is 443 g/mol. The van der Waals surface area contributed by atoms with Crippen molar-refractivity contribution < 1.29 is 14.3 Å². The van der Waals surface area contributed by atoms with Gasteiger partial charge in [0.2, 0.25) is 5.91 Å². The zero-order valence-corrected chi connectivity index (χ0v) is 18.5. The molecule has 0 fully saturated rings. The lowest BCUT2D eigenvalue weighted by Crippen LogP contribution is -2.15. The summed E-state index contributed by atoms with van der Waals surface area (Å²) < 4.78 is 10.6. The second-order valence-corrected chi connectivity index (χ2v) is 8.56. The molecule has 2 aromatic carbocycles. The molecule has 1 amide bonds. The Morgan fingerprint density at radius 1 is 1.13 bits per heavy atom. The molecule has 1 heterocycles. The van der Waals surface area contributed by atoms with E-state index in [0.29, 0.717) is 28.0 Å². The lowest BCUT2D eigenvalue weighted by atomic mass is 9.94. The molecular weight excluding hydrogens is 420 g/mol. The first-order valence-electron chi connectivity index (χ1n) is 9.84. The van der Waals surface area contributed by atoms with Gasteiger partial charge in [-0.25, -0.2) is 0 Å². The fourth-order valence-corrected chi connectivity index (χ4v) is 4.98. The second kappa shape index (κ2) is 9.14. The van der Waals surface area contributed by atoms with Gasteiger partial charge in [-0.2, -0.15) is 0 Å². The Balaban J connectivity index is 1.57. The molecule has 0 spiro atoms. The molecule has 0 bridgehead atoms. The fraction of sp³-hybridized carbons (Fsp3) is 0.304. The first-order valence-corrected chi connectivity index (χ1v) is 11.2. The quantitative estimate of drug-likeness (QED) is 0.509. The van der Waals surface area contributed by atoms with Crippen LogP contribution in [0.25, 0.3) is 10.9 Å². The number of fused-ring (bicyclic) bond motifs is 2. The Labute approximate surface area is 185 Å². The van der Waals surface area contributed by atoms with Crippen LogP contribution in [0.2, 0.25) is 5.02 Å². The lowest BCUT2D eigenvalue weighted by molar-refractivity contribution is -0.113. The van der Waals surface area contributed by atoms with Gasteiger partial charge in [-0.3, -0.25) is 9.78 Å². The summed E-state index contributed by atoms with van der Waals surface area (Å²) in [6.45, 7) is 0. The van der Waals surface area contributed by atoms with E-state index in [-0.39, 0.29) is 5.91 Å². The van der Waals surface area contributed by atoms with Gasteiger partial charge in [0.05, 0.1) is 31.2 Å². The largest absolute Gasteiger partial charge is 0.497 e. The highest BCUT2D eigenvalue weighted by molar-refractivity contribution is 8.00. The molecule has 4 rings (SSSR count). The molecule has 156 valence electrons. The third kappa shape index (κ3) is 4.35. The number of anilines is 1. The zero-order chi connectivity index (χ0) is 21.1. The Morgan fingerprint density at radius 3 is 2.77 bits per heavy atom. The maximum Gasteiger partial charge on any atom is 0.234 e. The van der Waals surface area contributed by atoms with E-state index in [2.05, 4.69) is 5.32 Å². The van der Waals surface area contributed by atoms with Crippen molar-refractivity contribution in [3.63, 3.8) is 0 Å². The van der Waals surface area contributed by atoms with Crippen LogP contribution in [0.4, 0.5) is 5.69 Å². The number of rotatable bonds is 6. The molecule has 1 aliphatic carbocycles. The predicted molar refractivity (Wildman–Crippen MR) is 122 cm³/mol. The van der Waals surface area contributed by atoms with Crippen LogP contribution < -0.4 is 14.8 Å². The molecule has 0 aliphatic heterocycles. The second-order valence-electron chi connectivity index (χ2n) is 7.14. The van der Waals surface area contributed by atoms with Crippen LogP contribution in [0.3, 0.4) is 0 Å². The van der Waals surface area contributed by atoms with E-state index in [1.165, 1.54) is 5.56 Å². The minimum Gasteiger partial charge on any atom is -0.497 e. The number of carbonyl (C=O) groups is 1. The number of hydrogen-bond donors (Lipinski definition) is 1. The molecule has 1 aromatic heterocycles. The van der Waals surface area contributed by atoms with Crippen LogP contribution in [0, 0.1) is 0 Å². The maximum atomic E-state index is 12.7. The van der Waals surface area contributed by atoms with Crippen LogP contribution in [-0.4, -0.2) is 30.9 Å². The molecule has 5 nitrogen and oxygen atoms in total. The molecular formula is C23H23ClN2O3S. The van der Waals surface area contributed by atoms with Gasteiger partial charge in [-0.05, 0) is 55.5 Å². The number of pyridine rings is 1. The lowest BCUT2D eigenvalue weighted by Gasteiger charge is -2.20. The number of aryl methyl sites for hydroxylation is 1. The van der Waals surface area contributed by atoms with Gasteiger partial charge < -0.3 is 14.8 Å². The average Bonchev–Trinajstić information content (AvgIpc) is 2.76. The molecule has 1 N–H and O–H groups in total. The Morgan fingerprint density at radius 2 is 1.97 bits per heavy atom. The van der Waals surface area contributed by atoms with Crippen molar-refractivity contribution in [3.05, 3.63) is 52.7 Å². The highest BCUT2D eigenvalue weighted by atomic mass is 35.5. The molecule has 0 saturated heterocycles. The summed E-state index contributed by atoms with van der Waals surface area (Å²) in [6.07, 6.45) is 4.27. The van der Waals surface area contributed by atoms with Gasteiger partial charge in [0.25, 0.3) is 0 Å². The normalized spacial score (nSPS) is 13.0. The van der Waals surface area contributed by atoms with E-state index >= 15 is 0 Å². The standard InChI is InChI=1S/C23H23ClN2O3S/c1-28-15-8-10-19(21(12-15)29-2)26-22(27)13-30-23-16-5-3-4-6-18(16)25-20-11-14(24)7-9-17(20)23/h7-12H,3-6,13H2,1-2H3,(H,26,27). The van der Waals surface area contributed by atoms with E-state index in [1.807, 2.05) is 18.2 Å². The molecule has 0 atom stereocenters. The number of carbonyl (C=O) groups excluding carboxylic acids is 1. The summed E-state index contributed by atoms with van der Waals surface area (Å²) in [4.78, 5) is 18.7. The monoisotopic (exact) mass is 442 g/mol. The van der Waals surface area contributed by atoms with E-state index in [4.69, 9.17) is 26.1 Å². The van der Waals surface area contributed by atoms with E-state index < -0.39 is 0 Å². The SMILES string of the molecule is COc1ccc(NC(=O)CSc2c3c(nc4cc(Cl)ccc24)CCCC3)c(OC)c1. The van der Waals surface area contributed by atoms with Crippen molar-refractivity contribution in [2.24, 2.45) is 0 Å². The predicted octanol–water partition coefficient (Wildman–Crippen LogP) is 5.52. The number of thioether (sulfide) groups is 1. The van der Waals surface area contributed by atoms with Gasteiger partial charge in [0.1, 0.15) is 11.5 Å². The zero-order valence-electron chi connectivity index (χ0n) is 17.0. The Hall–Kier alpha value is -2.44. The van der Waals surface area contributed by atoms with Gasteiger partial charge in [-0.15, -0.1) is 11.8 Å². The van der Waals surface area contributed by atoms with Crippen molar-refractivity contribution in [3.8, 4) is 11.5 Å². The summed E-state index contributed by atoms with van der Waals surface area (Å²) in [7, 11) is 3.16. The van der Waals surface area contributed by atoms with Crippen molar-refractivity contribution in [1.29, 1.82) is 0 Å².